The molecule has 2 aromatic carbocycles. The molecule has 140 valence electrons. The number of hydrogen-bond donors (Lipinski definition) is 2. The summed E-state index contributed by atoms with van der Waals surface area (Å²) in [6.45, 7) is 6.01. The van der Waals surface area contributed by atoms with Crippen LogP contribution in [0.15, 0.2) is 60.9 Å². The van der Waals surface area contributed by atoms with E-state index in [1.54, 1.807) is 6.20 Å². The number of anilines is 2. The third kappa shape index (κ3) is 3.44. The fourth-order valence-electron chi connectivity index (χ4n) is 3.26. The van der Waals surface area contributed by atoms with Gasteiger partial charge >= 0.3 is 6.03 Å². The Hall–Kier alpha value is -3.67. The first-order valence-corrected chi connectivity index (χ1v) is 9.06. The molecule has 4 aromatic rings. The second-order valence-electron chi connectivity index (χ2n) is 6.81. The Morgan fingerprint density at radius 2 is 1.86 bits per heavy atom. The highest BCUT2D eigenvalue weighted by Crippen LogP contribution is 2.26. The summed E-state index contributed by atoms with van der Waals surface area (Å²) >= 11 is 0. The summed E-state index contributed by atoms with van der Waals surface area (Å²) in [5, 5.41) is 5.79. The first-order valence-electron chi connectivity index (χ1n) is 9.06. The summed E-state index contributed by atoms with van der Waals surface area (Å²) < 4.78 is 1.95. The van der Waals surface area contributed by atoms with Gasteiger partial charge in [-0.25, -0.2) is 14.8 Å². The van der Waals surface area contributed by atoms with Gasteiger partial charge in [-0.05, 0) is 50.6 Å². The number of aryl methyl sites for hydroxylation is 3. The van der Waals surface area contributed by atoms with Crippen LogP contribution in [-0.4, -0.2) is 20.4 Å². The van der Waals surface area contributed by atoms with E-state index in [9.17, 15) is 4.79 Å². The molecule has 6 heteroatoms. The van der Waals surface area contributed by atoms with Gasteiger partial charge in [-0.3, -0.25) is 4.40 Å². The van der Waals surface area contributed by atoms with Crippen molar-refractivity contribution >= 4 is 23.2 Å². The fraction of sp³-hybridized carbons (Fsp3) is 0.136. The van der Waals surface area contributed by atoms with Crippen molar-refractivity contribution in [3.05, 3.63) is 77.7 Å². The van der Waals surface area contributed by atoms with Crippen molar-refractivity contribution < 1.29 is 4.79 Å². The van der Waals surface area contributed by atoms with Crippen LogP contribution >= 0.6 is 0 Å². The van der Waals surface area contributed by atoms with Crippen LogP contribution in [0.5, 0.6) is 0 Å². The molecule has 2 N–H and O–H groups in total. The topological polar surface area (TPSA) is 71.3 Å². The lowest BCUT2D eigenvalue weighted by Gasteiger charge is -2.11. The minimum absolute atomic E-state index is 0.280. The zero-order valence-corrected chi connectivity index (χ0v) is 16.0. The van der Waals surface area contributed by atoms with E-state index < -0.39 is 0 Å². The largest absolute Gasteiger partial charge is 0.323 e. The average molecular weight is 371 g/mol. The molecule has 2 heterocycles. The lowest BCUT2D eigenvalue weighted by molar-refractivity contribution is 0.262. The molecule has 0 aliphatic rings. The predicted molar refractivity (Wildman–Crippen MR) is 112 cm³/mol. The smallest absolute Gasteiger partial charge is 0.308 e. The van der Waals surface area contributed by atoms with Crippen molar-refractivity contribution in [2.75, 3.05) is 10.6 Å². The Morgan fingerprint density at radius 1 is 1.00 bits per heavy atom. The van der Waals surface area contributed by atoms with E-state index in [1.807, 2.05) is 79.9 Å². The Balaban J connectivity index is 1.56. The number of carbonyl (C=O) groups excluding carboxylic acids is 1. The minimum Gasteiger partial charge on any atom is -0.308 e. The SMILES string of the molecule is Cc1ccc(NC(=O)Nc2cccc(-c3nc4ncccn4c3C)c2)c(C)c1. The van der Waals surface area contributed by atoms with Gasteiger partial charge in [-0.1, -0.05) is 29.8 Å². The first-order chi connectivity index (χ1) is 13.5. The van der Waals surface area contributed by atoms with Gasteiger partial charge < -0.3 is 10.6 Å². The molecule has 2 aromatic heterocycles. The molecule has 6 nitrogen and oxygen atoms in total. The van der Waals surface area contributed by atoms with E-state index in [2.05, 4.69) is 20.6 Å². The standard InChI is InChI=1S/C22H21N5O/c1-14-8-9-19(15(2)12-14)25-22(28)24-18-7-4-6-17(13-18)20-16(3)27-11-5-10-23-21(27)26-20/h4-13H,1-3H3,(H2,24,25,28). The molecule has 0 fully saturated rings. The molecule has 2 amide bonds. The molecule has 0 aliphatic heterocycles. The average Bonchev–Trinajstić information content (AvgIpc) is 3.01. The van der Waals surface area contributed by atoms with Gasteiger partial charge in [0.05, 0.1) is 5.69 Å². The number of urea groups is 1. The molecular formula is C22H21N5O. The van der Waals surface area contributed by atoms with Crippen LogP contribution < -0.4 is 10.6 Å². The van der Waals surface area contributed by atoms with Gasteiger partial charge in [0.1, 0.15) is 0 Å². The van der Waals surface area contributed by atoms with Crippen molar-refractivity contribution in [1.82, 2.24) is 14.4 Å². The lowest BCUT2D eigenvalue weighted by atomic mass is 10.1. The van der Waals surface area contributed by atoms with Gasteiger partial charge in [0.15, 0.2) is 0 Å². The third-order valence-corrected chi connectivity index (χ3v) is 4.67. The zero-order chi connectivity index (χ0) is 19.7. The number of aromatic nitrogens is 3. The Morgan fingerprint density at radius 3 is 2.64 bits per heavy atom. The molecule has 0 saturated carbocycles. The number of benzene rings is 2. The van der Waals surface area contributed by atoms with Crippen molar-refractivity contribution in [1.29, 1.82) is 0 Å². The van der Waals surface area contributed by atoms with Crippen molar-refractivity contribution in [3.8, 4) is 11.3 Å². The van der Waals surface area contributed by atoms with Crippen LogP contribution in [0.25, 0.3) is 17.0 Å². The van der Waals surface area contributed by atoms with E-state index in [1.165, 1.54) is 0 Å². The molecule has 0 radical (unpaired) electrons. The summed E-state index contributed by atoms with van der Waals surface area (Å²) in [7, 11) is 0. The van der Waals surface area contributed by atoms with Crippen LogP contribution in [0.1, 0.15) is 16.8 Å². The Labute approximate surface area is 163 Å². The number of amides is 2. The van der Waals surface area contributed by atoms with Gasteiger partial charge in [-0.2, -0.15) is 0 Å². The predicted octanol–water partition coefficient (Wildman–Crippen LogP) is 4.97. The molecule has 4 rings (SSSR count). The maximum atomic E-state index is 12.4. The quantitative estimate of drug-likeness (QED) is 0.534. The van der Waals surface area contributed by atoms with Crippen molar-refractivity contribution in [3.63, 3.8) is 0 Å². The molecule has 0 spiro atoms. The molecule has 0 atom stereocenters. The number of hydrogen-bond acceptors (Lipinski definition) is 3. The normalized spacial score (nSPS) is 10.8. The molecule has 0 unspecified atom stereocenters. The van der Waals surface area contributed by atoms with E-state index in [0.29, 0.717) is 11.5 Å². The minimum atomic E-state index is -0.280. The highest BCUT2D eigenvalue weighted by Gasteiger charge is 2.12. The van der Waals surface area contributed by atoms with Crippen molar-refractivity contribution in [2.24, 2.45) is 0 Å². The van der Waals surface area contributed by atoms with E-state index in [4.69, 9.17) is 0 Å². The monoisotopic (exact) mass is 371 g/mol. The second-order valence-corrected chi connectivity index (χ2v) is 6.81. The fourth-order valence-corrected chi connectivity index (χ4v) is 3.26. The summed E-state index contributed by atoms with van der Waals surface area (Å²) in [5.41, 5.74) is 6.44. The lowest BCUT2D eigenvalue weighted by Crippen LogP contribution is -2.20. The Kier molecular flexibility index (Phi) is 4.53. The molecule has 0 bridgehead atoms. The van der Waals surface area contributed by atoms with E-state index >= 15 is 0 Å². The number of rotatable bonds is 3. The summed E-state index contributed by atoms with van der Waals surface area (Å²) in [5.74, 6) is 0.654. The second kappa shape index (κ2) is 7.15. The van der Waals surface area contributed by atoms with Gasteiger partial charge in [0.2, 0.25) is 5.78 Å². The van der Waals surface area contributed by atoms with Crippen LogP contribution in [0.2, 0.25) is 0 Å². The number of fused-ring (bicyclic) bond motifs is 1. The van der Waals surface area contributed by atoms with E-state index in [-0.39, 0.29) is 6.03 Å². The molecule has 28 heavy (non-hydrogen) atoms. The highest BCUT2D eigenvalue weighted by molar-refractivity contribution is 6.00. The first kappa shape index (κ1) is 17.7. The molecule has 0 saturated heterocycles. The summed E-state index contributed by atoms with van der Waals surface area (Å²) in [4.78, 5) is 21.3. The van der Waals surface area contributed by atoms with Crippen LogP contribution in [0.3, 0.4) is 0 Å². The van der Waals surface area contributed by atoms with Crippen LogP contribution in [0.4, 0.5) is 16.2 Å². The number of nitrogens with one attached hydrogen (secondary N) is 2. The Bertz CT molecular complexity index is 1180. The summed E-state index contributed by atoms with van der Waals surface area (Å²) in [6, 6.07) is 15.2. The third-order valence-electron chi connectivity index (χ3n) is 4.67. The van der Waals surface area contributed by atoms with Crippen LogP contribution in [-0.2, 0) is 0 Å². The number of carbonyl (C=O) groups is 1. The van der Waals surface area contributed by atoms with Gasteiger partial charge in [0.25, 0.3) is 0 Å². The van der Waals surface area contributed by atoms with Crippen LogP contribution in [0, 0.1) is 20.8 Å². The van der Waals surface area contributed by atoms with Gasteiger partial charge in [0, 0.05) is 35.0 Å². The number of nitrogens with zero attached hydrogens (tertiary/aromatic N) is 3. The number of imidazole rings is 1. The van der Waals surface area contributed by atoms with Gasteiger partial charge in [-0.15, -0.1) is 0 Å². The zero-order valence-electron chi connectivity index (χ0n) is 16.0. The summed E-state index contributed by atoms with van der Waals surface area (Å²) in [6.07, 6.45) is 3.66. The molecule has 0 aliphatic carbocycles. The van der Waals surface area contributed by atoms with Crippen molar-refractivity contribution in [2.45, 2.75) is 20.8 Å². The maximum absolute atomic E-state index is 12.4. The highest BCUT2D eigenvalue weighted by atomic mass is 16.2. The van der Waals surface area contributed by atoms with E-state index in [0.717, 1.165) is 33.8 Å². The molecular weight excluding hydrogens is 350 g/mol. The maximum Gasteiger partial charge on any atom is 0.323 e.